The third kappa shape index (κ3) is 2.24. The lowest BCUT2D eigenvalue weighted by Crippen LogP contribution is -2.50. The van der Waals surface area contributed by atoms with Crippen molar-refractivity contribution < 1.29 is 19.1 Å². The zero-order valence-electron chi connectivity index (χ0n) is 10.9. The maximum atomic E-state index is 11.7. The Bertz CT molecular complexity index is 639. The minimum Gasteiger partial charge on any atom is -0.451 e. The fraction of sp³-hybridized carbons (Fsp3) is 0.231. The van der Waals surface area contributed by atoms with Gasteiger partial charge in [-0.15, -0.1) is 0 Å². The van der Waals surface area contributed by atoms with Crippen molar-refractivity contribution in [3.63, 3.8) is 0 Å². The van der Waals surface area contributed by atoms with Crippen LogP contribution in [0.25, 0.3) is 12.4 Å². The average molecular weight is 262 g/mol. The second-order valence-electron chi connectivity index (χ2n) is 3.97. The summed E-state index contributed by atoms with van der Waals surface area (Å²) in [7, 11) is 2.50. The van der Waals surface area contributed by atoms with E-state index < -0.39 is 12.2 Å². The molecule has 0 atom stereocenters. The molecule has 1 aliphatic heterocycles. The minimum atomic E-state index is -0.672. The molecule has 0 saturated carbocycles. The largest absolute Gasteiger partial charge is 0.451 e. The molecule has 0 aromatic heterocycles. The van der Waals surface area contributed by atoms with E-state index in [2.05, 4.69) is 9.47 Å². The number of hydrogen-bond acceptors (Lipinski definition) is 4. The molecule has 0 radical (unpaired) electrons. The highest BCUT2D eigenvalue weighted by molar-refractivity contribution is 5.81. The molecule has 0 bridgehead atoms. The summed E-state index contributed by atoms with van der Waals surface area (Å²) >= 11 is 0. The van der Waals surface area contributed by atoms with Gasteiger partial charge in [-0.3, -0.25) is 0 Å². The molecule has 0 fully saturated rings. The van der Waals surface area contributed by atoms with E-state index >= 15 is 0 Å². The molecule has 1 aliphatic rings. The number of hydrazine groups is 1. The van der Waals surface area contributed by atoms with Crippen molar-refractivity contribution in [2.24, 2.45) is 0 Å². The third-order valence-electron chi connectivity index (χ3n) is 2.83. The topological polar surface area (TPSA) is 59.1 Å². The molecule has 0 spiro atoms. The Hall–Kier alpha value is -2.50. The van der Waals surface area contributed by atoms with Gasteiger partial charge in [-0.2, -0.15) is 10.0 Å². The van der Waals surface area contributed by atoms with E-state index in [0.717, 1.165) is 26.0 Å². The van der Waals surface area contributed by atoms with Crippen LogP contribution in [0, 0.1) is 6.92 Å². The van der Waals surface area contributed by atoms with Gasteiger partial charge in [0.05, 0.1) is 14.2 Å². The number of methoxy groups -OCH3 is 2. The van der Waals surface area contributed by atoms with E-state index in [4.69, 9.17) is 0 Å². The van der Waals surface area contributed by atoms with Gasteiger partial charge in [0, 0.05) is 22.8 Å². The number of carbonyl (C=O) groups is 2. The van der Waals surface area contributed by atoms with E-state index in [1.54, 1.807) is 6.20 Å². The molecule has 19 heavy (non-hydrogen) atoms. The molecule has 0 unspecified atom stereocenters. The molecule has 6 nitrogen and oxygen atoms in total. The Morgan fingerprint density at radius 2 is 1.58 bits per heavy atom. The van der Waals surface area contributed by atoms with Crippen LogP contribution in [0.1, 0.15) is 5.56 Å². The van der Waals surface area contributed by atoms with E-state index in [-0.39, 0.29) is 0 Å². The molecule has 100 valence electrons. The molecule has 0 saturated heterocycles. The first-order chi connectivity index (χ1) is 9.08. The second kappa shape index (κ2) is 5.01. The van der Waals surface area contributed by atoms with Crippen molar-refractivity contribution in [3.05, 3.63) is 34.2 Å². The highest BCUT2D eigenvalue weighted by atomic mass is 16.6. The number of ether oxygens (including phenoxy) is 2. The Balaban J connectivity index is 2.62. The fourth-order valence-corrected chi connectivity index (χ4v) is 1.84. The van der Waals surface area contributed by atoms with Crippen molar-refractivity contribution in [1.29, 1.82) is 0 Å². The summed E-state index contributed by atoms with van der Waals surface area (Å²) in [6, 6.07) is 5.65. The Labute approximate surface area is 110 Å². The first-order valence-electron chi connectivity index (χ1n) is 5.62. The number of carbonyl (C=O) groups excluding carboxylic acids is 2. The Morgan fingerprint density at radius 1 is 1.00 bits per heavy atom. The van der Waals surface area contributed by atoms with Crippen LogP contribution in [0.4, 0.5) is 9.59 Å². The maximum Gasteiger partial charge on any atom is 0.433 e. The highest BCUT2D eigenvalue weighted by Gasteiger charge is 2.26. The van der Waals surface area contributed by atoms with E-state index in [0.29, 0.717) is 0 Å². The Kier molecular flexibility index (Phi) is 3.41. The van der Waals surface area contributed by atoms with Crippen LogP contribution in [0.5, 0.6) is 0 Å². The monoisotopic (exact) mass is 262 g/mol. The highest BCUT2D eigenvalue weighted by Crippen LogP contribution is 2.08. The molecule has 1 heterocycles. The molecule has 6 heteroatoms. The van der Waals surface area contributed by atoms with Crippen LogP contribution in [-0.2, 0) is 9.47 Å². The summed E-state index contributed by atoms with van der Waals surface area (Å²) in [5.74, 6) is 0. The summed E-state index contributed by atoms with van der Waals surface area (Å²) in [5, 5.41) is 3.81. The van der Waals surface area contributed by atoms with Crippen molar-refractivity contribution >= 4 is 24.6 Å². The van der Waals surface area contributed by atoms with Crippen LogP contribution in [-0.4, -0.2) is 36.4 Å². The molecular formula is C13H14N2O4. The quantitative estimate of drug-likeness (QED) is 0.684. The Morgan fingerprint density at radius 3 is 2.16 bits per heavy atom. The molecule has 0 aliphatic carbocycles. The van der Waals surface area contributed by atoms with Crippen molar-refractivity contribution in [1.82, 2.24) is 10.0 Å². The smallest absolute Gasteiger partial charge is 0.433 e. The molecule has 0 N–H and O–H groups in total. The van der Waals surface area contributed by atoms with Crippen molar-refractivity contribution in [2.45, 2.75) is 6.92 Å². The van der Waals surface area contributed by atoms with Crippen molar-refractivity contribution in [3.8, 4) is 0 Å². The molecule has 1 aromatic rings. The predicted molar refractivity (Wildman–Crippen MR) is 67.8 cm³/mol. The van der Waals surface area contributed by atoms with Crippen LogP contribution in [0.15, 0.2) is 18.2 Å². The number of nitrogens with zero attached hydrogens (tertiary/aromatic N) is 2. The number of hydrogen-bond donors (Lipinski definition) is 0. The SMILES string of the molecule is COC(=O)N1C=c2cccc(C)c2=CN1C(=O)OC. The lowest BCUT2D eigenvalue weighted by atomic mass is 10.1. The number of amides is 2. The summed E-state index contributed by atoms with van der Waals surface area (Å²) in [4.78, 5) is 23.4. The zero-order chi connectivity index (χ0) is 14.0. The van der Waals surface area contributed by atoms with Gasteiger partial charge < -0.3 is 9.47 Å². The number of benzene rings is 1. The first-order valence-corrected chi connectivity index (χ1v) is 5.62. The van der Waals surface area contributed by atoms with Gasteiger partial charge in [-0.1, -0.05) is 18.2 Å². The second-order valence-corrected chi connectivity index (χ2v) is 3.97. The summed E-state index contributed by atoms with van der Waals surface area (Å²) in [6.45, 7) is 1.92. The fourth-order valence-electron chi connectivity index (χ4n) is 1.84. The predicted octanol–water partition coefficient (Wildman–Crippen LogP) is 0.536. The van der Waals surface area contributed by atoms with Crippen LogP contribution >= 0.6 is 0 Å². The summed E-state index contributed by atoms with van der Waals surface area (Å²) in [6.07, 6.45) is 1.74. The minimum absolute atomic E-state index is 0.671. The van der Waals surface area contributed by atoms with E-state index in [9.17, 15) is 9.59 Å². The van der Waals surface area contributed by atoms with Gasteiger partial charge >= 0.3 is 12.2 Å². The third-order valence-corrected chi connectivity index (χ3v) is 2.83. The zero-order valence-corrected chi connectivity index (χ0v) is 10.9. The van der Waals surface area contributed by atoms with Gasteiger partial charge in [0.15, 0.2) is 0 Å². The summed E-state index contributed by atoms with van der Waals surface area (Å²) < 4.78 is 9.30. The van der Waals surface area contributed by atoms with Crippen molar-refractivity contribution in [2.75, 3.05) is 14.2 Å². The standard InChI is InChI=1S/C13H14N2O4/c1-9-5-4-6-10-7-14(12(16)18-2)15(8-11(9)10)13(17)19-3/h4-8H,1-3H3. The average Bonchev–Trinajstić information content (AvgIpc) is 2.44. The van der Waals surface area contributed by atoms with Gasteiger partial charge in [0.2, 0.25) is 0 Å². The van der Waals surface area contributed by atoms with Gasteiger partial charge in [-0.05, 0) is 12.5 Å². The number of rotatable bonds is 0. The maximum absolute atomic E-state index is 11.7. The van der Waals surface area contributed by atoms with Crippen LogP contribution in [0.3, 0.4) is 0 Å². The first kappa shape index (κ1) is 12.9. The number of fused-ring (bicyclic) bond motifs is 1. The van der Waals surface area contributed by atoms with E-state index in [1.807, 2.05) is 25.1 Å². The lowest BCUT2D eigenvalue weighted by Gasteiger charge is -2.29. The van der Waals surface area contributed by atoms with Gasteiger partial charge in [0.25, 0.3) is 0 Å². The summed E-state index contributed by atoms with van der Waals surface area (Å²) in [5.41, 5.74) is 0.993. The van der Waals surface area contributed by atoms with E-state index in [1.165, 1.54) is 20.4 Å². The normalized spacial score (nSPS) is 13.0. The molecule has 2 rings (SSSR count). The number of aryl methyl sites for hydroxylation is 1. The molecule has 1 aromatic carbocycles. The van der Waals surface area contributed by atoms with Crippen LogP contribution in [0.2, 0.25) is 0 Å². The molecular weight excluding hydrogens is 248 g/mol. The lowest BCUT2D eigenvalue weighted by molar-refractivity contribution is 0.0611. The van der Waals surface area contributed by atoms with Crippen LogP contribution < -0.4 is 10.4 Å². The van der Waals surface area contributed by atoms with Gasteiger partial charge in [-0.25, -0.2) is 9.59 Å². The van der Waals surface area contributed by atoms with Gasteiger partial charge in [0.1, 0.15) is 0 Å². The molecule has 2 amide bonds.